The molecule has 17 heavy (non-hydrogen) atoms. The first-order valence-corrected chi connectivity index (χ1v) is 8.33. The first-order chi connectivity index (χ1) is 7.81. The summed E-state index contributed by atoms with van der Waals surface area (Å²) in [4.78, 5) is 2.03. The molecule has 0 fully saturated rings. The molecule has 7 heteroatoms. The zero-order valence-corrected chi connectivity index (χ0v) is 13.3. The smallest absolute Gasteiger partial charge is 0.250 e. The molecule has 1 atom stereocenters. The van der Waals surface area contributed by atoms with Gasteiger partial charge in [0.1, 0.15) is 4.21 Å². The van der Waals surface area contributed by atoms with Crippen molar-refractivity contribution in [2.75, 3.05) is 20.6 Å². The number of nitrogens with zero attached hydrogens (tertiary/aromatic N) is 1. The Morgan fingerprint density at radius 3 is 2.59 bits per heavy atom. The van der Waals surface area contributed by atoms with Crippen LogP contribution in [0.1, 0.15) is 13.3 Å². The van der Waals surface area contributed by atoms with Crippen molar-refractivity contribution in [1.82, 2.24) is 9.62 Å². The van der Waals surface area contributed by atoms with Gasteiger partial charge in [-0.2, -0.15) is 0 Å². The van der Waals surface area contributed by atoms with E-state index in [9.17, 15) is 8.42 Å². The summed E-state index contributed by atoms with van der Waals surface area (Å²) in [6, 6.07) is 3.28. The number of sulfonamides is 1. The Morgan fingerprint density at radius 2 is 2.12 bits per heavy atom. The lowest BCUT2D eigenvalue weighted by Gasteiger charge is -2.16. The molecule has 0 radical (unpaired) electrons. The van der Waals surface area contributed by atoms with Gasteiger partial charge in [0.15, 0.2) is 0 Å². The molecule has 0 saturated carbocycles. The number of nitrogens with one attached hydrogen (secondary N) is 1. The van der Waals surface area contributed by atoms with Gasteiger partial charge < -0.3 is 4.90 Å². The number of halogens is 1. The van der Waals surface area contributed by atoms with Crippen LogP contribution in [0.2, 0.25) is 0 Å². The average Bonchev–Trinajstić information content (AvgIpc) is 2.62. The first-order valence-electron chi connectivity index (χ1n) is 5.23. The second kappa shape index (κ2) is 6.29. The minimum atomic E-state index is -3.37. The van der Waals surface area contributed by atoms with Crippen molar-refractivity contribution in [3.05, 3.63) is 15.9 Å². The third kappa shape index (κ3) is 5.05. The summed E-state index contributed by atoms with van der Waals surface area (Å²) in [5, 5.41) is 0. The van der Waals surface area contributed by atoms with Crippen molar-refractivity contribution in [3.63, 3.8) is 0 Å². The maximum absolute atomic E-state index is 12.0. The first kappa shape index (κ1) is 15.1. The molecule has 1 N–H and O–H groups in total. The van der Waals surface area contributed by atoms with E-state index in [0.717, 1.165) is 16.8 Å². The number of rotatable bonds is 6. The predicted octanol–water partition coefficient (Wildman–Crippen LogP) is 2.13. The van der Waals surface area contributed by atoms with E-state index in [1.165, 1.54) is 11.3 Å². The molecule has 0 aliphatic carbocycles. The van der Waals surface area contributed by atoms with E-state index in [-0.39, 0.29) is 6.04 Å². The van der Waals surface area contributed by atoms with Crippen molar-refractivity contribution in [3.8, 4) is 0 Å². The van der Waals surface area contributed by atoms with Crippen LogP contribution in [0.15, 0.2) is 20.1 Å². The fraction of sp³-hybridized carbons (Fsp3) is 0.600. The highest BCUT2D eigenvalue weighted by Crippen LogP contribution is 2.26. The Bertz CT molecular complexity index is 457. The summed E-state index contributed by atoms with van der Waals surface area (Å²) in [7, 11) is 0.573. The standard InChI is InChI=1S/C10H17BrN2O2S2/c1-8(6-7-13(2)3)12-17(14,15)10-5-4-9(11)16-10/h4-5,8,12H,6-7H2,1-3H3. The van der Waals surface area contributed by atoms with Crippen molar-refractivity contribution >= 4 is 37.3 Å². The fourth-order valence-corrected chi connectivity index (χ4v) is 4.58. The topological polar surface area (TPSA) is 49.4 Å². The van der Waals surface area contributed by atoms with Crippen LogP contribution in [-0.4, -0.2) is 40.0 Å². The summed E-state index contributed by atoms with van der Waals surface area (Å²) in [5.74, 6) is 0. The molecule has 0 amide bonds. The van der Waals surface area contributed by atoms with Crippen LogP contribution >= 0.6 is 27.3 Å². The molecule has 0 aromatic carbocycles. The highest BCUT2D eigenvalue weighted by molar-refractivity contribution is 9.11. The van der Waals surface area contributed by atoms with Crippen molar-refractivity contribution in [2.45, 2.75) is 23.6 Å². The molecule has 1 unspecified atom stereocenters. The Hall–Kier alpha value is 0.0500. The molecule has 0 bridgehead atoms. The zero-order chi connectivity index (χ0) is 13.1. The van der Waals surface area contributed by atoms with Crippen LogP contribution in [0.5, 0.6) is 0 Å². The van der Waals surface area contributed by atoms with Gasteiger partial charge in [-0.3, -0.25) is 0 Å². The number of thiophene rings is 1. The SMILES string of the molecule is CC(CCN(C)C)NS(=O)(=O)c1ccc(Br)s1. The van der Waals surface area contributed by atoms with Crippen molar-refractivity contribution in [1.29, 1.82) is 0 Å². The van der Waals surface area contributed by atoms with Gasteiger partial charge in [0, 0.05) is 6.04 Å². The lowest BCUT2D eigenvalue weighted by atomic mass is 10.2. The number of hydrogen-bond donors (Lipinski definition) is 1. The van der Waals surface area contributed by atoms with Crippen LogP contribution in [-0.2, 0) is 10.0 Å². The van der Waals surface area contributed by atoms with Gasteiger partial charge in [-0.15, -0.1) is 11.3 Å². The van der Waals surface area contributed by atoms with E-state index < -0.39 is 10.0 Å². The van der Waals surface area contributed by atoms with Gasteiger partial charge in [0.05, 0.1) is 3.79 Å². The monoisotopic (exact) mass is 340 g/mol. The van der Waals surface area contributed by atoms with Crippen LogP contribution in [0, 0.1) is 0 Å². The highest BCUT2D eigenvalue weighted by atomic mass is 79.9. The fourth-order valence-electron chi connectivity index (χ4n) is 1.28. The van der Waals surface area contributed by atoms with Crippen molar-refractivity contribution in [2.24, 2.45) is 0 Å². The minimum Gasteiger partial charge on any atom is -0.309 e. The molecule has 0 aliphatic rings. The normalized spacial score (nSPS) is 14.2. The van der Waals surface area contributed by atoms with Gasteiger partial charge in [0.2, 0.25) is 10.0 Å². The second-order valence-corrected chi connectivity index (χ2v) is 8.58. The van der Waals surface area contributed by atoms with E-state index in [0.29, 0.717) is 4.21 Å². The summed E-state index contributed by atoms with van der Waals surface area (Å²) in [5.41, 5.74) is 0. The van der Waals surface area contributed by atoms with Crippen LogP contribution < -0.4 is 4.72 Å². The lowest BCUT2D eigenvalue weighted by Crippen LogP contribution is -2.34. The van der Waals surface area contributed by atoms with Crippen LogP contribution in [0.3, 0.4) is 0 Å². The molecule has 0 saturated heterocycles. The van der Waals surface area contributed by atoms with Gasteiger partial charge in [-0.1, -0.05) is 0 Å². The molecule has 0 aliphatic heterocycles. The maximum Gasteiger partial charge on any atom is 0.250 e. The molecule has 0 spiro atoms. The Kier molecular flexibility index (Phi) is 5.59. The summed E-state index contributed by atoms with van der Waals surface area (Å²) < 4.78 is 27.8. The van der Waals surface area contributed by atoms with E-state index in [1.54, 1.807) is 12.1 Å². The summed E-state index contributed by atoms with van der Waals surface area (Å²) >= 11 is 4.48. The molecule has 1 aromatic heterocycles. The third-order valence-electron chi connectivity index (χ3n) is 2.18. The Balaban J connectivity index is 2.61. The van der Waals surface area contributed by atoms with Gasteiger partial charge in [-0.25, -0.2) is 13.1 Å². The Morgan fingerprint density at radius 1 is 1.47 bits per heavy atom. The minimum absolute atomic E-state index is 0.0664. The second-order valence-electron chi connectivity index (χ2n) is 4.17. The quantitative estimate of drug-likeness (QED) is 0.862. The average molecular weight is 341 g/mol. The van der Waals surface area contributed by atoms with E-state index in [4.69, 9.17) is 0 Å². The van der Waals surface area contributed by atoms with E-state index in [1.807, 2.05) is 25.9 Å². The van der Waals surface area contributed by atoms with Gasteiger partial charge >= 0.3 is 0 Å². The molecular weight excluding hydrogens is 324 g/mol. The predicted molar refractivity (Wildman–Crippen MR) is 75.0 cm³/mol. The molecule has 4 nitrogen and oxygen atoms in total. The molecule has 1 aromatic rings. The van der Waals surface area contributed by atoms with Gasteiger partial charge in [0.25, 0.3) is 0 Å². The Labute approximate surface area is 115 Å². The maximum atomic E-state index is 12.0. The zero-order valence-electron chi connectivity index (χ0n) is 10.1. The summed E-state index contributed by atoms with van der Waals surface area (Å²) in [6.07, 6.45) is 0.790. The van der Waals surface area contributed by atoms with Gasteiger partial charge in [-0.05, 0) is 62.0 Å². The molecular formula is C10H17BrN2O2S2. The molecule has 1 heterocycles. The van der Waals surface area contributed by atoms with E-state index >= 15 is 0 Å². The molecule has 1 rings (SSSR count). The van der Waals surface area contributed by atoms with Crippen LogP contribution in [0.4, 0.5) is 0 Å². The number of hydrogen-bond acceptors (Lipinski definition) is 4. The third-order valence-corrected chi connectivity index (χ3v) is 5.88. The van der Waals surface area contributed by atoms with E-state index in [2.05, 4.69) is 20.7 Å². The largest absolute Gasteiger partial charge is 0.309 e. The van der Waals surface area contributed by atoms with Crippen molar-refractivity contribution < 1.29 is 8.42 Å². The molecule has 98 valence electrons. The lowest BCUT2D eigenvalue weighted by molar-refractivity contribution is 0.379. The summed E-state index contributed by atoms with van der Waals surface area (Å²) in [6.45, 7) is 2.74. The highest BCUT2D eigenvalue weighted by Gasteiger charge is 2.19. The van der Waals surface area contributed by atoms with Crippen LogP contribution in [0.25, 0.3) is 0 Å².